The second-order valence-corrected chi connectivity index (χ2v) is 11.8. The zero-order valence-corrected chi connectivity index (χ0v) is 26.3. The Morgan fingerprint density at radius 1 is 0.891 bits per heavy atom. The van der Waals surface area contributed by atoms with Crippen LogP contribution in [-0.4, -0.2) is 79.3 Å². The molecule has 2 N–H and O–H groups in total. The van der Waals surface area contributed by atoms with Gasteiger partial charge < -0.3 is 15.1 Å². The van der Waals surface area contributed by atoms with E-state index in [9.17, 15) is 27.6 Å². The topological polar surface area (TPSA) is 142 Å². The monoisotopic (exact) mass is 644 g/mol. The molecule has 0 amide bonds. The maximum Gasteiger partial charge on any atom is 0.433 e. The van der Waals surface area contributed by atoms with E-state index in [2.05, 4.69) is 19.9 Å². The molecule has 0 aliphatic carbocycles. The third-order valence-corrected chi connectivity index (χ3v) is 7.16. The smallest absolute Gasteiger partial charge is 0.433 e. The van der Waals surface area contributed by atoms with Crippen molar-refractivity contribution >= 4 is 17.8 Å². The molecule has 11 nitrogen and oxygen atoms in total. The fourth-order valence-corrected chi connectivity index (χ4v) is 4.65. The first-order valence-electron chi connectivity index (χ1n) is 14.8. The van der Waals surface area contributed by atoms with Crippen LogP contribution in [0, 0.1) is 6.92 Å². The van der Waals surface area contributed by atoms with Gasteiger partial charge in [-0.05, 0) is 37.9 Å². The van der Waals surface area contributed by atoms with Crippen molar-refractivity contribution in [2.75, 3.05) is 37.6 Å². The number of unbranched alkanes of at least 4 members (excludes halogenated alkanes) is 1. The van der Waals surface area contributed by atoms with Crippen molar-refractivity contribution in [2.24, 2.45) is 0 Å². The molecule has 1 aromatic carbocycles. The van der Waals surface area contributed by atoms with Crippen LogP contribution in [0.15, 0.2) is 59.5 Å². The minimum atomic E-state index is -4.52. The molecule has 0 spiro atoms. The lowest BCUT2D eigenvalue weighted by molar-refractivity contribution is -0.141. The van der Waals surface area contributed by atoms with Gasteiger partial charge in [0.1, 0.15) is 17.3 Å². The Kier molecular flexibility index (Phi) is 12.2. The standard InChI is InChI=1S/C28H35F3N6O.C4H4O4/c1-20-9-5-6-10-21(20)22-11-14-37(26(38)32-22)13-8-7-12-35-15-17-36(18-16-35)24-19-23(28(29,30)31)33-25(34-24)27(2,3)4;5-3(6)1-2-4(7)8/h5-6,9-11,14,19H,7-8,12-13,15-18H2,1-4H3;1-2H,(H,5,6)(H,7,8). The van der Waals surface area contributed by atoms with Crippen molar-refractivity contribution in [1.82, 2.24) is 24.4 Å². The SMILES string of the molecule is Cc1ccccc1-c1ccn(CCCCN2CCN(c3cc(C(F)(F)F)nc(C(C)(C)C)n3)CC2)c(=O)n1.O=C(O)C=CC(=O)O. The molecule has 3 aromatic rings. The number of hydrogen-bond donors (Lipinski definition) is 2. The van der Waals surface area contributed by atoms with E-state index in [1.807, 2.05) is 62.9 Å². The van der Waals surface area contributed by atoms with E-state index in [4.69, 9.17) is 10.2 Å². The summed E-state index contributed by atoms with van der Waals surface area (Å²) >= 11 is 0. The van der Waals surface area contributed by atoms with Crippen LogP contribution in [0.4, 0.5) is 19.0 Å². The van der Waals surface area contributed by atoms with Crippen molar-refractivity contribution < 1.29 is 33.0 Å². The van der Waals surface area contributed by atoms with Crippen molar-refractivity contribution in [3.63, 3.8) is 0 Å². The number of piperazine rings is 1. The number of carboxylic acids is 2. The van der Waals surface area contributed by atoms with Crippen LogP contribution in [0.25, 0.3) is 11.3 Å². The van der Waals surface area contributed by atoms with Gasteiger partial charge in [-0.25, -0.2) is 24.4 Å². The lowest BCUT2D eigenvalue weighted by atomic mass is 9.95. The van der Waals surface area contributed by atoms with Crippen LogP contribution >= 0.6 is 0 Å². The summed E-state index contributed by atoms with van der Waals surface area (Å²) in [6, 6.07) is 10.8. The largest absolute Gasteiger partial charge is 0.478 e. The summed E-state index contributed by atoms with van der Waals surface area (Å²) < 4.78 is 42.0. The molecule has 0 saturated carbocycles. The van der Waals surface area contributed by atoms with Crippen LogP contribution in [0.1, 0.15) is 50.7 Å². The molecule has 0 bridgehead atoms. The number of aryl methyl sites for hydroxylation is 2. The first-order chi connectivity index (χ1) is 21.5. The quantitative estimate of drug-likeness (QED) is 0.250. The van der Waals surface area contributed by atoms with E-state index in [0.717, 1.165) is 49.7 Å². The second kappa shape index (κ2) is 15.6. The number of rotatable bonds is 9. The Balaban J connectivity index is 0.000000637. The maximum atomic E-state index is 13.5. The van der Waals surface area contributed by atoms with Gasteiger partial charge in [0.15, 0.2) is 0 Å². The molecule has 0 unspecified atom stereocenters. The normalized spacial score (nSPS) is 14.2. The van der Waals surface area contributed by atoms with Crippen LogP contribution in [0.3, 0.4) is 0 Å². The molecule has 4 rings (SSSR count). The van der Waals surface area contributed by atoms with E-state index in [0.29, 0.717) is 43.3 Å². The number of nitrogens with zero attached hydrogens (tertiary/aromatic N) is 6. The minimum Gasteiger partial charge on any atom is -0.478 e. The lowest BCUT2D eigenvalue weighted by Crippen LogP contribution is -2.47. The summed E-state index contributed by atoms with van der Waals surface area (Å²) in [6.07, 6.45) is 0.147. The zero-order chi connectivity index (χ0) is 34.1. The highest BCUT2D eigenvalue weighted by Gasteiger charge is 2.36. The van der Waals surface area contributed by atoms with Crippen LogP contribution < -0.4 is 10.6 Å². The second-order valence-electron chi connectivity index (χ2n) is 11.8. The van der Waals surface area contributed by atoms with Gasteiger partial charge in [-0.3, -0.25) is 9.47 Å². The molecule has 1 aliphatic rings. The Hall–Kier alpha value is -4.59. The number of aromatic nitrogens is 4. The third-order valence-electron chi connectivity index (χ3n) is 7.16. The highest BCUT2D eigenvalue weighted by atomic mass is 19.4. The first-order valence-corrected chi connectivity index (χ1v) is 14.8. The molecule has 2 aromatic heterocycles. The van der Waals surface area contributed by atoms with Crippen LogP contribution in [-0.2, 0) is 27.7 Å². The number of carboxylic acid groups (broad SMARTS) is 2. The Bertz CT molecular complexity index is 1540. The molecule has 0 atom stereocenters. The molecule has 46 heavy (non-hydrogen) atoms. The number of hydrogen-bond acceptors (Lipinski definition) is 8. The summed E-state index contributed by atoms with van der Waals surface area (Å²) in [7, 11) is 0. The molecule has 248 valence electrons. The number of aliphatic carboxylic acids is 2. The highest BCUT2D eigenvalue weighted by Crippen LogP contribution is 2.32. The summed E-state index contributed by atoms with van der Waals surface area (Å²) in [5, 5.41) is 15.6. The van der Waals surface area contributed by atoms with Crippen LogP contribution in [0.2, 0.25) is 0 Å². The fourth-order valence-electron chi connectivity index (χ4n) is 4.65. The number of anilines is 1. The number of carbonyl (C=O) groups is 2. The van der Waals surface area contributed by atoms with Gasteiger partial charge in [-0.1, -0.05) is 45.0 Å². The van der Waals surface area contributed by atoms with Gasteiger partial charge in [0, 0.05) is 68.1 Å². The van der Waals surface area contributed by atoms with E-state index in [1.165, 1.54) is 0 Å². The van der Waals surface area contributed by atoms with E-state index in [-0.39, 0.29) is 11.5 Å². The molecular formula is C32H39F3N6O5. The van der Waals surface area contributed by atoms with E-state index >= 15 is 0 Å². The summed E-state index contributed by atoms with van der Waals surface area (Å²) in [6.45, 7) is 11.6. The molecule has 14 heteroatoms. The first kappa shape index (κ1) is 35.9. The van der Waals surface area contributed by atoms with Gasteiger partial charge in [0.05, 0.1) is 5.69 Å². The van der Waals surface area contributed by atoms with Crippen LogP contribution in [0.5, 0.6) is 0 Å². The lowest BCUT2D eigenvalue weighted by Gasteiger charge is -2.36. The van der Waals surface area contributed by atoms with Gasteiger partial charge in [0.2, 0.25) is 0 Å². The van der Waals surface area contributed by atoms with Gasteiger partial charge in [-0.15, -0.1) is 0 Å². The highest BCUT2D eigenvalue weighted by molar-refractivity contribution is 5.89. The summed E-state index contributed by atoms with van der Waals surface area (Å²) in [5.41, 5.74) is 0.983. The summed E-state index contributed by atoms with van der Waals surface area (Å²) in [4.78, 5) is 48.4. The average molecular weight is 645 g/mol. The van der Waals surface area contributed by atoms with Crippen molar-refractivity contribution in [2.45, 2.75) is 58.7 Å². The number of benzene rings is 1. The van der Waals surface area contributed by atoms with E-state index < -0.39 is 29.2 Å². The maximum absolute atomic E-state index is 13.5. The van der Waals surface area contributed by atoms with Crippen molar-refractivity contribution in [1.29, 1.82) is 0 Å². The fraction of sp³-hybridized carbons (Fsp3) is 0.438. The molecule has 1 aliphatic heterocycles. The number of halogens is 3. The Morgan fingerprint density at radius 3 is 2.04 bits per heavy atom. The molecule has 3 heterocycles. The van der Waals surface area contributed by atoms with Gasteiger partial charge in [0.25, 0.3) is 0 Å². The van der Waals surface area contributed by atoms with Gasteiger partial charge in [-0.2, -0.15) is 18.2 Å². The number of alkyl halides is 3. The van der Waals surface area contributed by atoms with Crippen molar-refractivity contribution in [3.8, 4) is 11.3 Å². The third kappa shape index (κ3) is 10.8. The average Bonchev–Trinajstić information content (AvgIpc) is 2.99. The van der Waals surface area contributed by atoms with Crippen molar-refractivity contribution in [3.05, 3.63) is 82.3 Å². The minimum absolute atomic E-state index is 0.196. The molecular weight excluding hydrogens is 605 g/mol. The Morgan fingerprint density at radius 2 is 1.50 bits per heavy atom. The summed E-state index contributed by atoms with van der Waals surface area (Å²) in [5.74, 6) is -1.99. The van der Waals surface area contributed by atoms with E-state index in [1.54, 1.807) is 10.8 Å². The predicted molar refractivity (Wildman–Crippen MR) is 167 cm³/mol. The Labute approximate surface area is 265 Å². The molecule has 1 fully saturated rings. The zero-order valence-electron chi connectivity index (χ0n) is 26.3. The predicted octanol–water partition coefficient (Wildman–Crippen LogP) is 4.64. The van der Waals surface area contributed by atoms with Gasteiger partial charge >= 0.3 is 23.8 Å². The molecule has 1 saturated heterocycles. The molecule has 0 radical (unpaired) electrons.